The van der Waals surface area contributed by atoms with E-state index in [1.165, 1.54) is 5.56 Å². The zero-order valence-corrected chi connectivity index (χ0v) is 15.4. The van der Waals surface area contributed by atoms with Gasteiger partial charge in [-0.05, 0) is 55.9 Å². The molecule has 140 valence electrons. The molecule has 0 radical (unpaired) electrons. The third kappa shape index (κ3) is 3.82. The number of nitrogens with one attached hydrogen (secondary N) is 2. The number of aryl methyl sites for hydroxylation is 1. The Morgan fingerprint density at radius 3 is 2.85 bits per heavy atom. The van der Waals surface area contributed by atoms with Crippen molar-refractivity contribution in [2.45, 2.75) is 38.1 Å². The number of nitrogens with zero attached hydrogens (tertiary/aromatic N) is 1. The minimum Gasteiger partial charge on any atom is -0.358 e. The molecule has 4 rings (SSSR count). The van der Waals surface area contributed by atoms with Crippen molar-refractivity contribution in [2.75, 3.05) is 23.3 Å². The summed E-state index contributed by atoms with van der Waals surface area (Å²) in [5.74, 6) is -0.0523. The number of anilines is 2. The van der Waals surface area contributed by atoms with Crippen LogP contribution in [0.3, 0.4) is 0 Å². The van der Waals surface area contributed by atoms with Gasteiger partial charge >= 0.3 is 0 Å². The van der Waals surface area contributed by atoms with E-state index in [2.05, 4.69) is 27.7 Å². The molecule has 0 spiro atoms. The fraction of sp³-hybridized carbons (Fsp3) is 0.364. The quantitative estimate of drug-likeness (QED) is 0.801. The van der Waals surface area contributed by atoms with Gasteiger partial charge in [-0.25, -0.2) is 0 Å². The Hall–Kier alpha value is -2.82. The normalized spacial score (nSPS) is 18.3. The van der Waals surface area contributed by atoms with Crippen LogP contribution in [-0.4, -0.2) is 30.9 Å². The highest BCUT2D eigenvalue weighted by Crippen LogP contribution is 2.36. The first kappa shape index (κ1) is 17.6. The summed E-state index contributed by atoms with van der Waals surface area (Å²) in [7, 11) is 0. The van der Waals surface area contributed by atoms with Crippen LogP contribution in [0.2, 0.25) is 0 Å². The van der Waals surface area contributed by atoms with Crippen molar-refractivity contribution >= 4 is 23.2 Å². The molecule has 2 aromatic carbocycles. The summed E-state index contributed by atoms with van der Waals surface area (Å²) in [6.45, 7) is 1.53. The van der Waals surface area contributed by atoms with E-state index in [0.29, 0.717) is 12.1 Å². The number of hydrogen-bond donors (Lipinski definition) is 2. The number of piperidine rings is 1. The molecule has 2 aliphatic rings. The maximum absolute atomic E-state index is 12.5. The molecule has 0 aliphatic carbocycles. The van der Waals surface area contributed by atoms with Gasteiger partial charge in [-0.15, -0.1) is 0 Å². The van der Waals surface area contributed by atoms with Gasteiger partial charge in [0.1, 0.15) is 6.04 Å². The fourth-order valence-corrected chi connectivity index (χ4v) is 3.98. The van der Waals surface area contributed by atoms with Gasteiger partial charge in [-0.1, -0.05) is 30.3 Å². The molecule has 0 aromatic heterocycles. The molecule has 5 nitrogen and oxygen atoms in total. The van der Waals surface area contributed by atoms with Crippen LogP contribution < -0.4 is 15.5 Å². The first-order chi connectivity index (χ1) is 13.2. The van der Waals surface area contributed by atoms with Crippen LogP contribution in [0.4, 0.5) is 11.4 Å². The number of carbonyl (C=O) groups excluding carboxylic acids is 2. The minimum atomic E-state index is -0.0964. The number of hydrogen-bond acceptors (Lipinski definition) is 3. The summed E-state index contributed by atoms with van der Waals surface area (Å²) in [6.07, 6.45) is 4.93. The average molecular weight is 363 g/mol. The van der Waals surface area contributed by atoms with E-state index < -0.39 is 0 Å². The number of rotatable bonds is 5. The first-order valence-electron chi connectivity index (χ1n) is 9.76. The highest BCUT2D eigenvalue weighted by molar-refractivity contribution is 6.05. The largest absolute Gasteiger partial charge is 0.358 e. The fourth-order valence-electron chi connectivity index (χ4n) is 3.98. The Labute approximate surface area is 159 Å². The summed E-state index contributed by atoms with van der Waals surface area (Å²) in [4.78, 5) is 27.0. The van der Waals surface area contributed by atoms with Gasteiger partial charge in [-0.2, -0.15) is 0 Å². The molecule has 1 saturated heterocycles. The lowest BCUT2D eigenvalue weighted by Crippen LogP contribution is -2.50. The van der Waals surface area contributed by atoms with E-state index in [-0.39, 0.29) is 17.9 Å². The van der Waals surface area contributed by atoms with Crippen molar-refractivity contribution in [3.05, 3.63) is 59.7 Å². The van der Waals surface area contributed by atoms with Crippen molar-refractivity contribution in [3.63, 3.8) is 0 Å². The van der Waals surface area contributed by atoms with Gasteiger partial charge in [0.25, 0.3) is 5.91 Å². The highest BCUT2D eigenvalue weighted by atomic mass is 16.2. The second kappa shape index (κ2) is 7.82. The van der Waals surface area contributed by atoms with Gasteiger partial charge in [-0.3, -0.25) is 9.59 Å². The number of carbonyl (C=O) groups is 2. The summed E-state index contributed by atoms with van der Waals surface area (Å²) in [6, 6.07) is 15.8. The van der Waals surface area contributed by atoms with Crippen molar-refractivity contribution in [2.24, 2.45) is 0 Å². The monoisotopic (exact) mass is 363 g/mol. The topological polar surface area (TPSA) is 61.4 Å². The van der Waals surface area contributed by atoms with E-state index >= 15 is 0 Å². The van der Waals surface area contributed by atoms with Gasteiger partial charge in [0, 0.05) is 18.7 Å². The maximum Gasteiger partial charge on any atom is 0.251 e. The van der Waals surface area contributed by atoms with E-state index in [1.54, 1.807) is 6.07 Å². The van der Waals surface area contributed by atoms with Crippen LogP contribution in [0.25, 0.3) is 0 Å². The lowest BCUT2D eigenvalue weighted by Gasteiger charge is -2.41. The zero-order chi connectivity index (χ0) is 18.6. The van der Waals surface area contributed by atoms with Gasteiger partial charge < -0.3 is 15.5 Å². The smallest absolute Gasteiger partial charge is 0.251 e. The SMILES string of the molecule is O=C(NCCCc1ccccc1)c1ccc2c(c1)NC(=O)C1CCCCN21. The second-order valence-electron chi connectivity index (χ2n) is 7.27. The van der Waals surface area contributed by atoms with Gasteiger partial charge in [0.05, 0.1) is 11.4 Å². The molecule has 1 atom stereocenters. The lowest BCUT2D eigenvalue weighted by molar-refractivity contribution is -0.118. The van der Waals surface area contributed by atoms with Crippen molar-refractivity contribution in [1.82, 2.24) is 5.32 Å². The van der Waals surface area contributed by atoms with Crippen LogP contribution in [0.5, 0.6) is 0 Å². The van der Waals surface area contributed by atoms with E-state index in [4.69, 9.17) is 0 Å². The van der Waals surface area contributed by atoms with Crippen LogP contribution >= 0.6 is 0 Å². The summed E-state index contributed by atoms with van der Waals surface area (Å²) in [5, 5.41) is 5.96. The lowest BCUT2D eigenvalue weighted by atomic mass is 9.97. The highest BCUT2D eigenvalue weighted by Gasteiger charge is 2.34. The minimum absolute atomic E-state index is 0.0441. The molecule has 2 aromatic rings. The molecular weight excluding hydrogens is 338 g/mol. The molecule has 5 heteroatoms. The van der Waals surface area contributed by atoms with Crippen LogP contribution in [0.15, 0.2) is 48.5 Å². The number of fused-ring (bicyclic) bond motifs is 3. The summed E-state index contributed by atoms with van der Waals surface area (Å²) < 4.78 is 0. The second-order valence-corrected chi connectivity index (χ2v) is 7.27. The molecule has 27 heavy (non-hydrogen) atoms. The number of benzene rings is 2. The zero-order valence-electron chi connectivity index (χ0n) is 15.4. The molecule has 0 bridgehead atoms. The third-order valence-corrected chi connectivity index (χ3v) is 5.40. The Balaban J connectivity index is 1.37. The third-order valence-electron chi connectivity index (χ3n) is 5.40. The van der Waals surface area contributed by atoms with E-state index in [0.717, 1.165) is 50.0 Å². The van der Waals surface area contributed by atoms with Crippen LogP contribution in [0, 0.1) is 0 Å². The molecule has 2 aliphatic heterocycles. The molecule has 2 N–H and O–H groups in total. The number of amides is 2. The van der Waals surface area contributed by atoms with Crippen molar-refractivity contribution in [1.29, 1.82) is 0 Å². The molecule has 2 amide bonds. The molecule has 1 unspecified atom stereocenters. The Kier molecular flexibility index (Phi) is 5.10. The molecule has 2 heterocycles. The van der Waals surface area contributed by atoms with Crippen LogP contribution in [-0.2, 0) is 11.2 Å². The first-order valence-corrected chi connectivity index (χ1v) is 9.76. The summed E-state index contributed by atoms with van der Waals surface area (Å²) >= 11 is 0. The average Bonchev–Trinajstić information content (AvgIpc) is 2.71. The maximum atomic E-state index is 12.5. The van der Waals surface area contributed by atoms with E-state index in [1.807, 2.05) is 30.3 Å². The van der Waals surface area contributed by atoms with Crippen LogP contribution in [0.1, 0.15) is 41.6 Å². The van der Waals surface area contributed by atoms with Crippen molar-refractivity contribution in [3.8, 4) is 0 Å². The Bertz CT molecular complexity index is 835. The predicted molar refractivity (Wildman–Crippen MR) is 107 cm³/mol. The van der Waals surface area contributed by atoms with Gasteiger partial charge in [0.15, 0.2) is 0 Å². The van der Waals surface area contributed by atoms with E-state index in [9.17, 15) is 9.59 Å². The Morgan fingerprint density at radius 1 is 1.15 bits per heavy atom. The summed E-state index contributed by atoms with van der Waals surface area (Å²) in [5.41, 5.74) is 3.64. The molecule has 1 fully saturated rings. The molecular formula is C22H25N3O2. The molecule has 0 saturated carbocycles. The van der Waals surface area contributed by atoms with Crippen molar-refractivity contribution < 1.29 is 9.59 Å². The van der Waals surface area contributed by atoms with Gasteiger partial charge in [0.2, 0.25) is 5.91 Å². The standard InChI is InChI=1S/C22H25N3O2/c26-21(23-13-6-9-16-7-2-1-3-8-16)17-11-12-19-18(15-17)24-22(27)20-10-4-5-14-25(19)20/h1-3,7-8,11-12,15,20H,4-6,9-10,13-14H2,(H,23,26)(H,24,27). The Morgan fingerprint density at radius 2 is 2.00 bits per heavy atom. The predicted octanol–water partition coefficient (Wildman–Crippen LogP) is 3.36.